The maximum atomic E-state index is 12.0. The first kappa shape index (κ1) is 15.5. The molecule has 1 aliphatic heterocycles. The summed E-state index contributed by atoms with van der Waals surface area (Å²) in [6, 6.07) is 3.78. The van der Waals surface area contributed by atoms with Crippen LogP contribution in [0.1, 0.15) is 18.4 Å². The Morgan fingerprint density at radius 1 is 1.48 bits per heavy atom. The minimum Gasteiger partial charge on any atom is -0.351 e. The van der Waals surface area contributed by atoms with Crippen molar-refractivity contribution in [3.63, 3.8) is 0 Å². The van der Waals surface area contributed by atoms with Crippen LogP contribution < -0.4 is 10.6 Å². The number of hydrogen-bond acceptors (Lipinski definition) is 4. The zero-order valence-corrected chi connectivity index (χ0v) is 12.3. The summed E-state index contributed by atoms with van der Waals surface area (Å²) in [7, 11) is 0. The second-order valence-corrected chi connectivity index (χ2v) is 4.82. The lowest BCUT2D eigenvalue weighted by molar-refractivity contribution is -0.122. The third-order valence-corrected chi connectivity index (χ3v) is 3.45. The van der Waals surface area contributed by atoms with Crippen molar-refractivity contribution in [3.05, 3.63) is 42.6 Å². The molecule has 3 rings (SSSR count). The van der Waals surface area contributed by atoms with Crippen LogP contribution in [0, 0.1) is 0 Å². The van der Waals surface area contributed by atoms with Gasteiger partial charge in [-0.15, -0.1) is 12.4 Å². The van der Waals surface area contributed by atoms with Gasteiger partial charge in [-0.1, -0.05) is 6.07 Å². The second kappa shape index (κ2) is 7.19. The quantitative estimate of drug-likeness (QED) is 0.886. The number of rotatable bonds is 4. The van der Waals surface area contributed by atoms with Crippen molar-refractivity contribution < 1.29 is 4.79 Å². The third-order valence-electron chi connectivity index (χ3n) is 3.45. The van der Waals surface area contributed by atoms with E-state index < -0.39 is 0 Å². The Balaban J connectivity index is 0.00000161. The molecule has 0 bridgehead atoms. The molecule has 1 saturated heterocycles. The molecule has 1 aliphatic rings. The molecule has 112 valence electrons. The predicted molar refractivity (Wildman–Crippen MR) is 81.5 cm³/mol. The van der Waals surface area contributed by atoms with Crippen molar-refractivity contribution in [3.8, 4) is 5.82 Å². The number of nitrogens with zero attached hydrogens (tertiary/aromatic N) is 3. The average Bonchev–Trinajstić information content (AvgIpc) is 3.17. The van der Waals surface area contributed by atoms with Gasteiger partial charge in [0, 0.05) is 30.7 Å². The number of carbonyl (C=O) groups excluding carboxylic acids is 1. The molecule has 2 aromatic heterocycles. The highest BCUT2D eigenvalue weighted by molar-refractivity contribution is 5.85. The monoisotopic (exact) mass is 307 g/mol. The molecule has 1 unspecified atom stereocenters. The molecule has 1 atom stereocenters. The van der Waals surface area contributed by atoms with E-state index in [0.717, 1.165) is 30.8 Å². The molecule has 2 N–H and O–H groups in total. The molecule has 0 aromatic carbocycles. The molecular weight excluding hydrogens is 290 g/mol. The summed E-state index contributed by atoms with van der Waals surface area (Å²) in [5, 5.41) is 6.16. The van der Waals surface area contributed by atoms with E-state index in [1.807, 2.05) is 22.9 Å². The van der Waals surface area contributed by atoms with Crippen molar-refractivity contribution in [1.82, 2.24) is 25.2 Å². The van der Waals surface area contributed by atoms with Crippen LogP contribution >= 0.6 is 12.4 Å². The first-order valence-electron chi connectivity index (χ1n) is 6.78. The number of pyridine rings is 1. The lowest BCUT2D eigenvalue weighted by atomic mass is 10.2. The topological polar surface area (TPSA) is 71.8 Å². The molecule has 6 nitrogen and oxygen atoms in total. The van der Waals surface area contributed by atoms with Crippen molar-refractivity contribution in [2.45, 2.75) is 25.4 Å². The molecule has 0 saturated carbocycles. The van der Waals surface area contributed by atoms with E-state index >= 15 is 0 Å². The van der Waals surface area contributed by atoms with Crippen molar-refractivity contribution >= 4 is 18.3 Å². The smallest absolute Gasteiger partial charge is 0.237 e. The molecule has 0 spiro atoms. The summed E-state index contributed by atoms with van der Waals surface area (Å²) >= 11 is 0. The Morgan fingerprint density at radius 3 is 3.10 bits per heavy atom. The van der Waals surface area contributed by atoms with Gasteiger partial charge < -0.3 is 10.6 Å². The summed E-state index contributed by atoms with van der Waals surface area (Å²) in [6.07, 6.45) is 8.95. The number of nitrogens with one attached hydrogen (secondary N) is 2. The molecule has 1 amide bonds. The Morgan fingerprint density at radius 2 is 2.38 bits per heavy atom. The van der Waals surface area contributed by atoms with Crippen LogP contribution in [0.2, 0.25) is 0 Å². The van der Waals surface area contributed by atoms with Gasteiger partial charge in [-0.25, -0.2) is 9.97 Å². The number of halogens is 1. The number of carbonyl (C=O) groups is 1. The molecule has 1 fully saturated rings. The lowest BCUT2D eigenvalue weighted by Crippen LogP contribution is -2.40. The fourth-order valence-electron chi connectivity index (χ4n) is 2.40. The van der Waals surface area contributed by atoms with Crippen molar-refractivity contribution in [1.29, 1.82) is 0 Å². The SMILES string of the molecule is Cl.O=C(NCc1cccnc1-n1ccnc1)C1CCCN1. The zero-order chi connectivity index (χ0) is 13.8. The fraction of sp³-hybridized carbons (Fsp3) is 0.357. The van der Waals surface area contributed by atoms with Crippen LogP contribution in [0.5, 0.6) is 0 Å². The molecule has 21 heavy (non-hydrogen) atoms. The van der Waals surface area contributed by atoms with Gasteiger partial charge in [0.1, 0.15) is 12.1 Å². The van der Waals surface area contributed by atoms with Gasteiger partial charge >= 0.3 is 0 Å². The predicted octanol–water partition coefficient (Wildman–Crippen LogP) is 1.06. The van der Waals surface area contributed by atoms with Gasteiger partial charge in [0.15, 0.2) is 0 Å². The second-order valence-electron chi connectivity index (χ2n) is 4.82. The number of amides is 1. The van der Waals surface area contributed by atoms with Gasteiger partial charge in [-0.3, -0.25) is 9.36 Å². The Kier molecular flexibility index (Phi) is 5.30. The van der Waals surface area contributed by atoms with Gasteiger partial charge in [0.05, 0.1) is 6.04 Å². The highest BCUT2D eigenvalue weighted by Crippen LogP contribution is 2.11. The van der Waals surface area contributed by atoms with Crippen LogP contribution in [0.25, 0.3) is 5.82 Å². The van der Waals surface area contributed by atoms with E-state index in [1.165, 1.54) is 0 Å². The fourth-order valence-corrected chi connectivity index (χ4v) is 2.40. The van der Waals surface area contributed by atoms with Crippen LogP contribution in [-0.4, -0.2) is 33.0 Å². The average molecular weight is 308 g/mol. The van der Waals surface area contributed by atoms with E-state index in [1.54, 1.807) is 18.7 Å². The minimum absolute atomic E-state index is 0. The van der Waals surface area contributed by atoms with Crippen LogP contribution in [-0.2, 0) is 11.3 Å². The molecule has 0 radical (unpaired) electrons. The van der Waals surface area contributed by atoms with Gasteiger partial charge in [0.2, 0.25) is 5.91 Å². The Hall–Kier alpha value is -1.92. The third kappa shape index (κ3) is 3.59. The van der Waals surface area contributed by atoms with Crippen LogP contribution in [0.15, 0.2) is 37.1 Å². The minimum atomic E-state index is -0.0524. The van der Waals surface area contributed by atoms with E-state index in [0.29, 0.717) is 6.54 Å². The summed E-state index contributed by atoms with van der Waals surface area (Å²) in [5.74, 6) is 0.854. The van der Waals surface area contributed by atoms with Crippen molar-refractivity contribution in [2.75, 3.05) is 6.54 Å². The van der Waals surface area contributed by atoms with E-state index in [4.69, 9.17) is 0 Å². The lowest BCUT2D eigenvalue weighted by Gasteiger charge is -2.13. The first-order chi connectivity index (χ1) is 9.84. The molecule has 3 heterocycles. The van der Waals surface area contributed by atoms with Crippen LogP contribution in [0.3, 0.4) is 0 Å². The zero-order valence-electron chi connectivity index (χ0n) is 11.5. The Bertz CT molecular complexity index is 581. The summed E-state index contributed by atoms with van der Waals surface area (Å²) < 4.78 is 1.84. The van der Waals surface area contributed by atoms with Gasteiger partial charge in [-0.05, 0) is 25.5 Å². The number of imidazole rings is 1. The maximum absolute atomic E-state index is 12.0. The van der Waals surface area contributed by atoms with Crippen LogP contribution in [0.4, 0.5) is 0 Å². The van der Waals surface area contributed by atoms with E-state index in [-0.39, 0.29) is 24.4 Å². The highest BCUT2D eigenvalue weighted by atomic mass is 35.5. The normalized spacial score (nSPS) is 17.2. The molecule has 2 aromatic rings. The van der Waals surface area contributed by atoms with Gasteiger partial charge in [-0.2, -0.15) is 0 Å². The first-order valence-corrected chi connectivity index (χ1v) is 6.78. The maximum Gasteiger partial charge on any atom is 0.237 e. The largest absolute Gasteiger partial charge is 0.351 e. The number of aromatic nitrogens is 3. The summed E-state index contributed by atoms with van der Waals surface area (Å²) in [4.78, 5) is 20.4. The molecule has 0 aliphatic carbocycles. The van der Waals surface area contributed by atoms with E-state index in [9.17, 15) is 4.79 Å². The number of hydrogen-bond donors (Lipinski definition) is 2. The van der Waals surface area contributed by atoms with E-state index in [2.05, 4.69) is 20.6 Å². The Labute approximate surface area is 129 Å². The molecule has 7 heteroatoms. The van der Waals surface area contributed by atoms with Gasteiger partial charge in [0.25, 0.3) is 0 Å². The molecular formula is C14H18ClN5O. The highest BCUT2D eigenvalue weighted by Gasteiger charge is 2.21. The summed E-state index contributed by atoms with van der Waals surface area (Å²) in [5.41, 5.74) is 0.969. The standard InChI is InChI=1S/C14H17N5O.ClH/c20-14(12-4-2-5-16-12)18-9-11-3-1-6-17-13(11)19-8-7-15-10-19;/h1,3,6-8,10,12,16H,2,4-5,9H2,(H,18,20);1H. The van der Waals surface area contributed by atoms with Crippen molar-refractivity contribution in [2.24, 2.45) is 0 Å². The summed E-state index contributed by atoms with van der Waals surface area (Å²) in [6.45, 7) is 1.39.